The Morgan fingerprint density at radius 2 is 2.06 bits per heavy atom. The summed E-state index contributed by atoms with van der Waals surface area (Å²) < 4.78 is 25.7. The molecule has 1 unspecified atom stereocenters. The molecule has 1 saturated heterocycles. The van der Waals surface area contributed by atoms with Gasteiger partial charge in [-0.05, 0) is 24.6 Å². The van der Waals surface area contributed by atoms with E-state index in [0.717, 1.165) is 0 Å². The van der Waals surface area contributed by atoms with Gasteiger partial charge in [0.15, 0.2) is 0 Å². The SMILES string of the molecule is O=S(=O)(c1cc(Cl)ccc1Cl)N1CCC(O)C1. The van der Waals surface area contributed by atoms with Crippen molar-refractivity contribution in [2.45, 2.75) is 17.4 Å². The molecule has 0 aromatic heterocycles. The van der Waals surface area contributed by atoms with E-state index in [0.29, 0.717) is 18.0 Å². The highest BCUT2D eigenvalue weighted by atomic mass is 35.5. The molecule has 1 heterocycles. The van der Waals surface area contributed by atoms with E-state index in [4.69, 9.17) is 23.2 Å². The van der Waals surface area contributed by atoms with Gasteiger partial charge in [0, 0.05) is 18.1 Å². The highest BCUT2D eigenvalue weighted by molar-refractivity contribution is 7.89. The minimum atomic E-state index is -3.67. The summed E-state index contributed by atoms with van der Waals surface area (Å²) in [5.74, 6) is 0. The number of β-amino-alcohol motifs (C(OH)–C–C–N with tert-alkyl or cyclic N) is 1. The van der Waals surface area contributed by atoms with Crippen molar-refractivity contribution in [3.05, 3.63) is 28.2 Å². The van der Waals surface area contributed by atoms with Gasteiger partial charge in [-0.15, -0.1) is 0 Å². The normalized spacial score (nSPS) is 21.9. The van der Waals surface area contributed by atoms with Gasteiger partial charge in [-0.2, -0.15) is 4.31 Å². The first-order valence-corrected chi connectivity index (χ1v) is 7.24. The zero-order valence-electron chi connectivity index (χ0n) is 8.81. The van der Waals surface area contributed by atoms with E-state index < -0.39 is 16.1 Å². The maximum absolute atomic E-state index is 12.2. The molecule has 1 fully saturated rings. The molecule has 4 nitrogen and oxygen atoms in total. The molecule has 0 aliphatic carbocycles. The average Bonchev–Trinajstić information content (AvgIpc) is 2.69. The molecule has 94 valence electrons. The maximum atomic E-state index is 12.2. The Kier molecular flexibility index (Phi) is 3.66. The Bertz CT molecular complexity index is 532. The standard InChI is InChI=1S/C10H11Cl2NO3S/c11-7-1-2-9(12)10(5-7)17(15,16)13-4-3-8(14)6-13/h1-2,5,8,14H,3-4,6H2. The molecule has 1 aromatic rings. The molecule has 7 heteroatoms. The van der Waals surface area contributed by atoms with Crippen LogP contribution in [-0.4, -0.2) is 37.0 Å². The van der Waals surface area contributed by atoms with Crippen molar-refractivity contribution in [1.29, 1.82) is 0 Å². The van der Waals surface area contributed by atoms with Crippen molar-refractivity contribution < 1.29 is 13.5 Å². The van der Waals surface area contributed by atoms with Gasteiger partial charge in [0.05, 0.1) is 11.1 Å². The molecule has 0 saturated carbocycles. The van der Waals surface area contributed by atoms with E-state index in [2.05, 4.69) is 0 Å². The first kappa shape index (κ1) is 13.1. The summed E-state index contributed by atoms with van der Waals surface area (Å²) in [5.41, 5.74) is 0. The predicted octanol–water partition coefficient (Wildman–Crippen LogP) is 1.75. The lowest BCUT2D eigenvalue weighted by atomic mass is 10.3. The van der Waals surface area contributed by atoms with Gasteiger partial charge in [0.25, 0.3) is 0 Å². The van der Waals surface area contributed by atoms with Crippen molar-refractivity contribution in [3.8, 4) is 0 Å². The van der Waals surface area contributed by atoms with Crippen molar-refractivity contribution in [2.75, 3.05) is 13.1 Å². The molecule has 17 heavy (non-hydrogen) atoms. The van der Waals surface area contributed by atoms with E-state index >= 15 is 0 Å². The smallest absolute Gasteiger partial charge is 0.244 e. The second-order valence-corrected chi connectivity index (χ2v) is 6.63. The second kappa shape index (κ2) is 4.74. The van der Waals surface area contributed by atoms with Crippen LogP contribution in [0.25, 0.3) is 0 Å². The van der Waals surface area contributed by atoms with Crippen LogP contribution in [0.5, 0.6) is 0 Å². The van der Waals surface area contributed by atoms with Gasteiger partial charge in [-0.3, -0.25) is 0 Å². The monoisotopic (exact) mass is 295 g/mol. The molecule has 1 atom stereocenters. The Morgan fingerprint density at radius 1 is 1.35 bits per heavy atom. The molecule has 1 aliphatic rings. The van der Waals surface area contributed by atoms with Gasteiger partial charge < -0.3 is 5.11 Å². The van der Waals surface area contributed by atoms with Crippen molar-refractivity contribution >= 4 is 33.2 Å². The molecular weight excluding hydrogens is 285 g/mol. The minimum Gasteiger partial charge on any atom is -0.392 e. The summed E-state index contributed by atoms with van der Waals surface area (Å²) in [6.07, 6.45) is -0.167. The number of hydrogen-bond donors (Lipinski definition) is 1. The topological polar surface area (TPSA) is 57.6 Å². The van der Waals surface area contributed by atoms with E-state index in [-0.39, 0.29) is 16.5 Å². The molecule has 0 spiro atoms. The number of sulfonamides is 1. The molecule has 0 amide bonds. The van der Waals surface area contributed by atoms with Crippen molar-refractivity contribution in [3.63, 3.8) is 0 Å². The number of nitrogens with zero attached hydrogens (tertiary/aromatic N) is 1. The van der Waals surface area contributed by atoms with Gasteiger partial charge in [-0.1, -0.05) is 23.2 Å². The Labute approximate surface area is 110 Å². The van der Waals surface area contributed by atoms with Gasteiger partial charge in [0.2, 0.25) is 10.0 Å². The molecule has 1 N–H and O–H groups in total. The van der Waals surface area contributed by atoms with Crippen LogP contribution in [0.4, 0.5) is 0 Å². The van der Waals surface area contributed by atoms with Gasteiger partial charge in [0.1, 0.15) is 4.90 Å². The Hall–Kier alpha value is -0.330. The van der Waals surface area contributed by atoms with Gasteiger partial charge >= 0.3 is 0 Å². The maximum Gasteiger partial charge on any atom is 0.244 e. The summed E-state index contributed by atoms with van der Waals surface area (Å²) in [6.45, 7) is 0.400. The molecular formula is C10H11Cl2NO3S. The zero-order chi connectivity index (χ0) is 12.6. The Morgan fingerprint density at radius 3 is 2.65 bits per heavy atom. The third-order valence-electron chi connectivity index (χ3n) is 2.64. The highest BCUT2D eigenvalue weighted by Crippen LogP contribution is 2.29. The van der Waals surface area contributed by atoms with Crippen LogP contribution in [0.15, 0.2) is 23.1 Å². The number of benzene rings is 1. The number of aliphatic hydroxyl groups excluding tert-OH is 1. The van der Waals surface area contributed by atoms with E-state index in [1.54, 1.807) is 0 Å². The van der Waals surface area contributed by atoms with Gasteiger partial charge in [-0.25, -0.2) is 8.42 Å². The van der Waals surface area contributed by atoms with Crippen LogP contribution in [0.3, 0.4) is 0 Å². The van der Waals surface area contributed by atoms with Crippen LogP contribution in [0.2, 0.25) is 10.0 Å². The van der Waals surface area contributed by atoms with Crippen molar-refractivity contribution in [2.24, 2.45) is 0 Å². The van der Waals surface area contributed by atoms with Crippen LogP contribution < -0.4 is 0 Å². The van der Waals surface area contributed by atoms with Crippen LogP contribution in [0, 0.1) is 0 Å². The van der Waals surface area contributed by atoms with E-state index in [1.165, 1.54) is 22.5 Å². The first-order valence-electron chi connectivity index (χ1n) is 5.04. The number of hydrogen-bond acceptors (Lipinski definition) is 3. The van der Waals surface area contributed by atoms with Crippen LogP contribution >= 0.6 is 23.2 Å². The van der Waals surface area contributed by atoms with Crippen LogP contribution in [0.1, 0.15) is 6.42 Å². The van der Waals surface area contributed by atoms with E-state index in [9.17, 15) is 13.5 Å². The predicted molar refractivity (Wildman–Crippen MR) is 65.8 cm³/mol. The third-order valence-corrected chi connectivity index (χ3v) is 5.22. The summed E-state index contributed by atoms with van der Waals surface area (Å²) in [7, 11) is -3.67. The summed E-state index contributed by atoms with van der Waals surface area (Å²) in [6, 6.07) is 4.30. The van der Waals surface area contributed by atoms with E-state index in [1.807, 2.05) is 0 Å². The molecule has 1 aromatic carbocycles. The number of halogens is 2. The lowest BCUT2D eigenvalue weighted by Gasteiger charge is -2.16. The summed E-state index contributed by atoms with van der Waals surface area (Å²) >= 11 is 11.6. The molecule has 2 rings (SSSR count). The lowest BCUT2D eigenvalue weighted by molar-refractivity contribution is 0.189. The highest BCUT2D eigenvalue weighted by Gasteiger charge is 2.32. The number of rotatable bonds is 2. The molecule has 0 radical (unpaired) electrons. The summed E-state index contributed by atoms with van der Waals surface area (Å²) in [4.78, 5) is -0.0132. The Balaban J connectivity index is 2.41. The number of aliphatic hydroxyl groups is 1. The lowest BCUT2D eigenvalue weighted by Crippen LogP contribution is -2.29. The second-order valence-electron chi connectivity index (χ2n) is 3.88. The average molecular weight is 296 g/mol. The third kappa shape index (κ3) is 2.58. The fourth-order valence-electron chi connectivity index (χ4n) is 1.74. The zero-order valence-corrected chi connectivity index (χ0v) is 11.1. The quantitative estimate of drug-likeness (QED) is 0.904. The molecule has 1 aliphatic heterocycles. The largest absolute Gasteiger partial charge is 0.392 e. The minimum absolute atomic E-state index is 0.0132. The first-order chi connectivity index (χ1) is 7.91. The summed E-state index contributed by atoms with van der Waals surface area (Å²) in [5, 5.41) is 9.82. The van der Waals surface area contributed by atoms with Crippen molar-refractivity contribution in [1.82, 2.24) is 4.31 Å². The molecule has 0 bridgehead atoms. The fraction of sp³-hybridized carbons (Fsp3) is 0.400. The fourth-order valence-corrected chi connectivity index (χ4v) is 3.97. The van der Waals surface area contributed by atoms with Crippen LogP contribution in [-0.2, 0) is 10.0 Å².